The van der Waals surface area contributed by atoms with Gasteiger partial charge in [-0.05, 0) is 36.0 Å². The Labute approximate surface area is 164 Å². The van der Waals surface area contributed by atoms with Gasteiger partial charge in [-0.15, -0.1) is 0 Å². The van der Waals surface area contributed by atoms with Gasteiger partial charge in [0.25, 0.3) is 5.24 Å². The number of hydrogen-bond acceptors (Lipinski definition) is 4. The number of unbranched alkanes of at least 4 members (excludes halogenated alkanes) is 2. The van der Waals surface area contributed by atoms with Crippen LogP contribution >= 0.6 is 11.8 Å². The lowest BCUT2D eigenvalue weighted by Gasteiger charge is -2.07. The molecule has 1 aliphatic heterocycles. The molecular formula is C22H25NO3S. The molecule has 0 aromatic heterocycles. The first-order valence-electron chi connectivity index (χ1n) is 9.42. The molecule has 0 spiro atoms. The SMILES string of the molecule is O=C1NC(=O)C(CCCCCc2ccc(COCc3ccccc3)cc2)S1. The fraction of sp³-hybridized carbons (Fsp3) is 0.364. The van der Waals surface area contributed by atoms with Crippen LogP contribution in [0.5, 0.6) is 0 Å². The summed E-state index contributed by atoms with van der Waals surface area (Å²) in [7, 11) is 0. The molecule has 0 bridgehead atoms. The third-order valence-corrected chi connectivity index (χ3v) is 5.65. The molecule has 4 nitrogen and oxygen atoms in total. The highest BCUT2D eigenvalue weighted by Crippen LogP contribution is 2.24. The van der Waals surface area contributed by atoms with Gasteiger partial charge >= 0.3 is 0 Å². The smallest absolute Gasteiger partial charge is 0.286 e. The van der Waals surface area contributed by atoms with Crippen molar-refractivity contribution < 1.29 is 14.3 Å². The number of amides is 2. The van der Waals surface area contributed by atoms with E-state index in [1.165, 1.54) is 16.7 Å². The highest BCUT2D eigenvalue weighted by atomic mass is 32.2. The summed E-state index contributed by atoms with van der Waals surface area (Å²) in [4.78, 5) is 22.6. The summed E-state index contributed by atoms with van der Waals surface area (Å²) in [5.41, 5.74) is 3.69. The van der Waals surface area contributed by atoms with Crippen molar-refractivity contribution in [2.45, 2.75) is 50.6 Å². The molecule has 1 unspecified atom stereocenters. The van der Waals surface area contributed by atoms with Gasteiger partial charge in [0, 0.05) is 0 Å². The minimum absolute atomic E-state index is 0.130. The summed E-state index contributed by atoms with van der Waals surface area (Å²) in [5, 5.41) is 1.94. The standard InChI is InChI=1S/C22H25NO3S/c24-21-20(27-22(25)23-21)10-6-2-3-7-17-11-13-19(14-12-17)16-26-15-18-8-4-1-5-9-18/h1,4-5,8-9,11-14,20H,2-3,6-7,10,15-16H2,(H,23,24,25). The first-order chi connectivity index (χ1) is 13.2. The van der Waals surface area contributed by atoms with Crippen LogP contribution < -0.4 is 5.32 Å². The number of carbonyl (C=O) groups is 2. The second-order valence-corrected chi connectivity index (χ2v) is 7.95. The number of aryl methyl sites for hydroxylation is 1. The van der Waals surface area contributed by atoms with Crippen LogP contribution in [-0.4, -0.2) is 16.4 Å². The van der Waals surface area contributed by atoms with Crippen LogP contribution in [0, 0.1) is 0 Å². The molecule has 5 heteroatoms. The Morgan fingerprint density at radius 3 is 2.15 bits per heavy atom. The predicted molar refractivity (Wildman–Crippen MR) is 108 cm³/mol. The Kier molecular flexibility index (Phi) is 7.48. The molecule has 1 fully saturated rings. The van der Waals surface area contributed by atoms with E-state index in [4.69, 9.17) is 4.74 Å². The van der Waals surface area contributed by atoms with Crippen molar-refractivity contribution in [3.8, 4) is 0 Å². The summed E-state index contributed by atoms with van der Waals surface area (Å²) < 4.78 is 5.77. The van der Waals surface area contributed by atoms with E-state index >= 15 is 0 Å². The highest BCUT2D eigenvalue weighted by Gasteiger charge is 2.30. The van der Waals surface area contributed by atoms with Crippen molar-refractivity contribution >= 4 is 22.9 Å². The lowest BCUT2D eigenvalue weighted by atomic mass is 10.0. The van der Waals surface area contributed by atoms with E-state index in [-0.39, 0.29) is 16.4 Å². The molecule has 1 heterocycles. The molecule has 2 aromatic carbocycles. The van der Waals surface area contributed by atoms with Crippen LogP contribution in [0.15, 0.2) is 54.6 Å². The van der Waals surface area contributed by atoms with E-state index in [1.54, 1.807) is 0 Å². The number of thioether (sulfide) groups is 1. The molecule has 1 aliphatic rings. The fourth-order valence-electron chi connectivity index (χ4n) is 3.08. The second-order valence-electron chi connectivity index (χ2n) is 6.78. The number of imide groups is 1. The largest absolute Gasteiger partial charge is 0.372 e. The number of carbonyl (C=O) groups excluding carboxylic acids is 2. The van der Waals surface area contributed by atoms with Gasteiger partial charge in [-0.25, -0.2) is 0 Å². The van der Waals surface area contributed by atoms with Crippen LogP contribution in [0.25, 0.3) is 0 Å². The maximum atomic E-state index is 11.5. The summed E-state index contributed by atoms with van der Waals surface area (Å²) in [6.45, 7) is 1.25. The Hall–Kier alpha value is -2.11. The molecular weight excluding hydrogens is 358 g/mol. The zero-order valence-electron chi connectivity index (χ0n) is 15.4. The van der Waals surface area contributed by atoms with Gasteiger partial charge in [0.05, 0.1) is 18.5 Å². The van der Waals surface area contributed by atoms with Crippen LogP contribution in [0.2, 0.25) is 0 Å². The Balaban J connectivity index is 1.30. The van der Waals surface area contributed by atoms with Crippen LogP contribution in [0.1, 0.15) is 42.4 Å². The van der Waals surface area contributed by atoms with Crippen molar-refractivity contribution in [1.29, 1.82) is 0 Å². The molecule has 142 valence electrons. The Bertz CT molecular complexity index is 746. The summed E-state index contributed by atoms with van der Waals surface area (Å²) >= 11 is 1.12. The first-order valence-corrected chi connectivity index (χ1v) is 10.3. The summed E-state index contributed by atoms with van der Waals surface area (Å²) in [6.07, 6.45) is 4.95. The fourth-order valence-corrected chi connectivity index (χ4v) is 3.95. The summed E-state index contributed by atoms with van der Waals surface area (Å²) in [5.74, 6) is -0.130. The molecule has 1 atom stereocenters. The molecule has 2 amide bonds. The zero-order valence-corrected chi connectivity index (χ0v) is 16.2. The highest BCUT2D eigenvalue weighted by molar-refractivity contribution is 8.15. The van der Waals surface area contributed by atoms with E-state index in [9.17, 15) is 9.59 Å². The first kappa shape index (κ1) is 19.6. The molecule has 2 aromatic rings. The third-order valence-electron chi connectivity index (χ3n) is 4.60. The van der Waals surface area contributed by atoms with Gasteiger partial charge in [-0.3, -0.25) is 14.9 Å². The molecule has 0 radical (unpaired) electrons. The zero-order chi connectivity index (χ0) is 18.9. The van der Waals surface area contributed by atoms with Gasteiger partial charge in [-0.1, -0.05) is 79.2 Å². The van der Waals surface area contributed by atoms with Crippen LogP contribution in [-0.2, 0) is 29.2 Å². The molecule has 27 heavy (non-hydrogen) atoms. The molecule has 0 saturated carbocycles. The normalized spacial score (nSPS) is 16.5. The monoisotopic (exact) mass is 383 g/mol. The van der Waals surface area contributed by atoms with Gasteiger partial charge in [-0.2, -0.15) is 0 Å². The van der Waals surface area contributed by atoms with E-state index in [2.05, 4.69) is 41.7 Å². The average Bonchev–Trinajstić information content (AvgIpc) is 3.01. The molecule has 3 rings (SSSR count). The quantitative estimate of drug-likeness (QED) is 0.596. The predicted octanol–water partition coefficient (Wildman–Crippen LogP) is 4.86. The van der Waals surface area contributed by atoms with E-state index < -0.39 is 0 Å². The maximum Gasteiger partial charge on any atom is 0.286 e. The lowest BCUT2D eigenvalue weighted by molar-refractivity contribution is -0.119. The van der Waals surface area contributed by atoms with Crippen molar-refractivity contribution in [3.63, 3.8) is 0 Å². The van der Waals surface area contributed by atoms with Crippen molar-refractivity contribution in [2.24, 2.45) is 0 Å². The number of benzene rings is 2. The van der Waals surface area contributed by atoms with Gasteiger partial charge in [0.1, 0.15) is 0 Å². The second kappa shape index (κ2) is 10.3. The Morgan fingerprint density at radius 2 is 1.48 bits per heavy atom. The van der Waals surface area contributed by atoms with Gasteiger partial charge < -0.3 is 4.74 Å². The maximum absolute atomic E-state index is 11.5. The van der Waals surface area contributed by atoms with Gasteiger partial charge in [0.15, 0.2) is 0 Å². The lowest BCUT2D eigenvalue weighted by Crippen LogP contribution is -2.24. The number of nitrogens with one attached hydrogen (secondary N) is 1. The van der Waals surface area contributed by atoms with Crippen molar-refractivity contribution in [2.75, 3.05) is 0 Å². The van der Waals surface area contributed by atoms with E-state index in [1.807, 2.05) is 18.2 Å². The topological polar surface area (TPSA) is 55.4 Å². The summed E-state index contributed by atoms with van der Waals surface area (Å²) in [6, 6.07) is 18.8. The number of rotatable bonds is 10. The van der Waals surface area contributed by atoms with Gasteiger partial charge in [0.2, 0.25) is 5.91 Å². The molecule has 1 N–H and O–H groups in total. The minimum Gasteiger partial charge on any atom is -0.372 e. The van der Waals surface area contributed by atoms with Crippen molar-refractivity contribution in [1.82, 2.24) is 5.32 Å². The number of ether oxygens (including phenoxy) is 1. The molecule has 0 aliphatic carbocycles. The third kappa shape index (κ3) is 6.52. The minimum atomic E-state index is -0.210. The van der Waals surface area contributed by atoms with E-state index in [0.717, 1.165) is 43.9 Å². The number of hydrogen-bond donors (Lipinski definition) is 1. The van der Waals surface area contributed by atoms with Crippen LogP contribution in [0.4, 0.5) is 4.79 Å². The van der Waals surface area contributed by atoms with Crippen molar-refractivity contribution in [3.05, 3.63) is 71.3 Å². The Morgan fingerprint density at radius 1 is 0.815 bits per heavy atom. The van der Waals surface area contributed by atoms with E-state index in [0.29, 0.717) is 13.2 Å². The van der Waals surface area contributed by atoms with Crippen LogP contribution in [0.3, 0.4) is 0 Å². The molecule has 1 saturated heterocycles. The average molecular weight is 384 g/mol.